The van der Waals surface area contributed by atoms with E-state index >= 15 is 0 Å². The van der Waals surface area contributed by atoms with Gasteiger partial charge in [0, 0.05) is 6.54 Å². The van der Waals surface area contributed by atoms with Gasteiger partial charge in [0.15, 0.2) is 0 Å². The molecule has 1 N–H and O–H groups in total. The molecule has 1 aliphatic carbocycles. The van der Waals surface area contributed by atoms with Crippen molar-refractivity contribution >= 4 is 0 Å². The summed E-state index contributed by atoms with van der Waals surface area (Å²) in [4.78, 5) is 0. The predicted molar refractivity (Wildman–Crippen MR) is 74.3 cm³/mol. The van der Waals surface area contributed by atoms with Gasteiger partial charge in [-0.25, -0.2) is 0 Å². The van der Waals surface area contributed by atoms with Crippen LogP contribution in [0.4, 0.5) is 0 Å². The van der Waals surface area contributed by atoms with Crippen molar-refractivity contribution < 1.29 is 4.74 Å². The fourth-order valence-corrected chi connectivity index (χ4v) is 2.66. The summed E-state index contributed by atoms with van der Waals surface area (Å²) in [6.45, 7) is 13.4. The lowest BCUT2D eigenvalue weighted by molar-refractivity contribution is -0.0945. The van der Waals surface area contributed by atoms with E-state index in [2.05, 4.69) is 39.9 Å². The standard InChI is InChI=1S/C15H31NO/c1-6-9-16-11-15(4,5)17-14-8-7-12(2)13(3)10-14/h12-14,16H,6-11H2,1-5H3. The lowest BCUT2D eigenvalue weighted by Crippen LogP contribution is -2.42. The number of hydrogen-bond donors (Lipinski definition) is 1. The van der Waals surface area contributed by atoms with Gasteiger partial charge in [0.25, 0.3) is 0 Å². The second-order valence-corrected chi connectivity index (χ2v) is 6.44. The van der Waals surface area contributed by atoms with Gasteiger partial charge in [0.1, 0.15) is 0 Å². The Kier molecular flexibility index (Phi) is 5.94. The summed E-state index contributed by atoms with van der Waals surface area (Å²) in [5, 5.41) is 3.46. The molecule has 3 unspecified atom stereocenters. The van der Waals surface area contributed by atoms with Crippen molar-refractivity contribution in [2.75, 3.05) is 13.1 Å². The molecular weight excluding hydrogens is 210 g/mol. The van der Waals surface area contributed by atoms with Crippen LogP contribution in [0.1, 0.15) is 60.3 Å². The molecule has 17 heavy (non-hydrogen) atoms. The highest BCUT2D eigenvalue weighted by Crippen LogP contribution is 2.32. The normalized spacial score (nSPS) is 30.5. The van der Waals surface area contributed by atoms with Crippen LogP contribution in [0.15, 0.2) is 0 Å². The number of ether oxygens (including phenoxy) is 1. The molecule has 2 nitrogen and oxygen atoms in total. The van der Waals surface area contributed by atoms with Gasteiger partial charge in [-0.2, -0.15) is 0 Å². The molecule has 2 heteroatoms. The van der Waals surface area contributed by atoms with E-state index in [0.29, 0.717) is 6.10 Å². The Hall–Kier alpha value is -0.0800. The van der Waals surface area contributed by atoms with Crippen molar-refractivity contribution in [2.45, 2.75) is 72.0 Å². The Labute approximate surface area is 108 Å². The monoisotopic (exact) mass is 241 g/mol. The van der Waals surface area contributed by atoms with Crippen molar-refractivity contribution in [1.82, 2.24) is 5.32 Å². The molecule has 0 aromatic rings. The summed E-state index contributed by atoms with van der Waals surface area (Å²) >= 11 is 0. The molecule has 0 saturated heterocycles. The number of nitrogens with one attached hydrogen (secondary N) is 1. The van der Waals surface area contributed by atoms with Gasteiger partial charge < -0.3 is 10.1 Å². The maximum absolute atomic E-state index is 6.28. The van der Waals surface area contributed by atoms with Gasteiger partial charge in [-0.05, 0) is 57.9 Å². The number of hydrogen-bond acceptors (Lipinski definition) is 2. The van der Waals surface area contributed by atoms with Crippen LogP contribution in [-0.2, 0) is 4.74 Å². The Morgan fingerprint density at radius 3 is 2.47 bits per heavy atom. The lowest BCUT2D eigenvalue weighted by Gasteiger charge is -2.37. The zero-order valence-corrected chi connectivity index (χ0v) is 12.4. The quantitative estimate of drug-likeness (QED) is 0.717. The van der Waals surface area contributed by atoms with E-state index in [9.17, 15) is 0 Å². The lowest BCUT2D eigenvalue weighted by atomic mass is 9.80. The van der Waals surface area contributed by atoms with Crippen molar-refractivity contribution in [3.8, 4) is 0 Å². The summed E-state index contributed by atoms with van der Waals surface area (Å²) in [5.41, 5.74) is -0.0276. The molecule has 0 heterocycles. The Morgan fingerprint density at radius 2 is 1.88 bits per heavy atom. The highest BCUT2D eigenvalue weighted by atomic mass is 16.5. The topological polar surface area (TPSA) is 21.3 Å². The molecular formula is C15H31NO. The maximum Gasteiger partial charge on any atom is 0.0754 e. The van der Waals surface area contributed by atoms with Crippen molar-refractivity contribution in [1.29, 1.82) is 0 Å². The van der Waals surface area contributed by atoms with Crippen LogP contribution in [0.3, 0.4) is 0 Å². The molecule has 0 radical (unpaired) electrons. The van der Waals surface area contributed by atoms with E-state index in [4.69, 9.17) is 4.74 Å². The van der Waals surface area contributed by atoms with Gasteiger partial charge in [0.05, 0.1) is 11.7 Å². The van der Waals surface area contributed by atoms with Gasteiger partial charge >= 0.3 is 0 Å². The minimum atomic E-state index is -0.0276. The first-order chi connectivity index (χ1) is 7.94. The van der Waals surface area contributed by atoms with Crippen LogP contribution in [0, 0.1) is 11.8 Å². The summed E-state index contributed by atoms with van der Waals surface area (Å²) < 4.78 is 6.28. The second kappa shape index (κ2) is 6.75. The zero-order chi connectivity index (χ0) is 12.9. The van der Waals surface area contributed by atoms with Crippen molar-refractivity contribution in [3.63, 3.8) is 0 Å². The van der Waals surface area contributed by atoms with Gasteiger partial charge in [-0.3, -0.25) is 0 Å². The van der Waals surface area contributed by atoms with Crippen molar-refractivity contribution in [2.24, 2.45) is 11.8 Å². The van der Waals surface area contributed by atoms with Gasteiger partial charge in [-0.15, -0.1) is 0 Å². The third kappa shape index (κ3) is 5.39. The third-order valence-electron chi connectivity index (χ3n) is 4.01. The van der Waals surface area contributed by atoms with Crippen LogP contribution >= 0.6 is 0 Å². The summed E-state index contributed by atoms with van der Waals surface area (Å²) in [6, 6.07) is 0. The Morgan fingerprint density at radius 1 is 1.18 bits per heavy atom. The number of rotatable bonds is 6. The smallest absolute Gasteiger partial charge is 0.0754 e. The van der Waals surface area contributed by atoms with Crippen LogP contribution in [0.5, 0.6) is 0 Å². The summed E-state index contributed by atoms with van der Waals surface area (Å²) in [6.07, 6.45) is 5.46. The maximum atomic E-state index is 6.28. The summed E-state index contributed by atoms with van der Waals surface area (Å²) in [7, 11) is 0. The van der Waals surface area contributed by atoms with Gasteiger partial charge in [0.2, 0.25) is 0 Å². The largest absolute Gasteiger partial charge is 0.371 e. The van der Waals surface area contributed by atoms with E-state index in [1.165, 1.54) is 25.7 Å². The molecule has 0 bridgehead atoms. The van der Waals surface area contributed by atoms with E-state index in [-0.39, 0.29) is 5.60 Å². The van der Waals surface area contributed by atoms with E-state index in [0.717, 1.165) is 24.9 Å². The predicted octanol–water partition coefficient (Wildman–Crippen LogP) is 3.61. The highest BCUT2D eigenvalue weighted by Gasteiger charge is 2.29. The van der Waals surface area contributed by atoms with Crippen LogP contribution in [-0.4, -0.2) is 24.8 Å². The summed E-state index contributed by atoms with van der Waals surface area (Å²) in [5.74, 6) is 1.68. The highest BCUT2D eigenvalue weighted by molar-refractivity contribution is 4.80. The molecule has 0 aliphatic heterocycles. The molecule has 3 atom stereocenters. The second-order valence-electron chi connectivity index (χ2n) is 6.44. The average Bonchev–Trinajstić information content (AvgIpc) is 2.23. The molecule has 0 aromatic carbocycles. The Balaban J connectivity index is 2.31. The molecule has 0 amide bonds. The fourth-order valence-electron chi connectivity index (χ4n) is 2.66. The molecule has 1 fully saturated rings. The van der Waals surface area contributed by atoms with Crippen LogP contribution in [0.25, 0.3) is 0 Å². The molecule has 102 valence electrons. The first-order valence-corrected chi connectivity index (χ1v) is 7.33. The molecule has 1 rings (SSSR count). The first-order valence-electron chi connectivity index (χ1n) is 7.33. The minimum Gasteiger partial charge on any atom is -0.371 e. The van der Waals surface area contributed by atoms with Gasteiger partial charge in [-0.1, -0.05) is 20.8 Å². The zero-order valence-electron chi connectivity index (χ0n) is 12.4. The average molecular weight is 241 g/mol. The first kappa shape index (κ1) is 15.0. The fraction of sp³-hybridized carbons (Fsp3) is 1.00. The molecule has 1 saturated carbocycles. The van der Waals surface area contributed by atoms with Crippen molar-refractivity contribution in [3.05, 3.63) is 0 Å². The minimum absolute atomic E-state index is 0.0276. The van der Waals surface area contributed by atoms with E-state index in [1.807, 2.05) is 0 Å². The molecule has 0 spiro atoms. The molecule has 0 aromatic heterocycles. The van der Waals surface area contributed by atoms with Crippen LogP contribution < -0.4 is 5.32 Å². The van der Waals surface area contributed by atoms with Crippen LogP contribution in [0.2, 0.25) is 0 Å². The Bertz CT molecular complexity index is 215. The molecule has 1 aliphatic rings. The SMILES string of the molecule is CCCNCC(C)(C)OC1CCC(C)C(C)C1. The van der Waals surface area contributed by atoms with E-state index < -0.39 is 0 Å². The van der Waals surface area contributed by atoms with E-state index in [1.54, 1.807) is 0 Å². The third-order valence-corrected chi connectivity index (χ3v) is 4.01.